The molecule has 3 heterocycles. The molecule has 0 amide bonds. The van der Waals surface area contributed by atoms with Gasteiger partial charge in [0.25, 0.3) is 0 Å². The van der Waals surface area contributed by atoms with E-state index in [0.29, 0.717) is 0 Å². The second-order valence-corrected chi connectivity index (χ2v) is 7.17. The first-order chi connectivity index (χ1) is 11.7. The normalized spacial score (nSPS) is 20.8. The van der Waals surface area contributed by atoms with Crippen molar-refractivity contribution in [3.8, 4) is 0 Å². The molecule has 0 aliphatic carbocycles. The van der Waals surface area contributed by atoms with Crippen molar-refractivity contribution in [3.05, 3.63) is 47.9 Å². The van der Waals surface area contributed by atoms with E-state index in [9.17, 15) is 5.11 Å². The molecular formula is C17H16ClN3O2S. The van der Waals surface area contributed by atoms with E-state index in [2.05, 4.69) is 9.97 Å². The maximum Gasteiger partial charge on any atom is 0.146 e. The monoisotopic (exact) mass is 361 g/mol. The van der Waals surface area contributed by atoms with E-state index in [1.807, 2.05) is 41.1 Å². The Morgan fingerprint density at radius 1 is 1.21 bits per heavy atom. The lowest BCUT2D eigenvalue weighted by Crippen LogP contribution is -2.14. The van der Waals surface area contributed by atoms with Crippen molar-refractivity contribution in [1.82, 2.24) is 14.5 Å². The molecule has 2 aromatic heterocycles. The number of halogens is 1. The average Bonchev–Trinajstić information content (AvgIpc) is 3.23. The van der Waals surface area contributed by atoms with Gasteiger partial charge in [0.15, 0.2) is 0 Å². The predicted molar refractivity (Wildman–Crippen MR) is 93.3 cm³/mol. The number of aromatic nitrogens is 3. The van der Waals surface area contributed by atoms with Crippen LogP contribution in [0.5, 0.6) is 0 Å². The largest absolute Gasteiger partial charge is 0.394 e. The van der Waals surface area contributed by atoms with Gasteiger partial charge in [-0.1, -0.05) is 23.4 Å². The van der Waals surface area contributed by atoms with E-state index in [-0.39, 0.29) is 18.9 Å². The number of hydrogen-bond acceptors (Lipinski definition) is 5. The molecular weight excluding hydrogens is 346 g/mol. The van der Waals surface area contributed by atoms with Gasteiger partial charge in [0.05, 0.1) is 18.1 Å². The molecule has 1 aromatic carbocycles. The fourth-order valence-corrected chi connectivity index (χ4v) is 3.89. The molecule has 24 heavy (non-hydrogen) atoms. The van der Waals surface area contributed by atoms with E-state index >= 15 is 0 Å². The van der Waals surface area contributed by atoms with Crippen LogP contribution in [0.15, 0.2) is 52.8 Å². The molecule has 5 nitrogen and oxygen atoms in total. The maximum absolute atomic E-state index is 9.25. The lowest BCUT2D eigenvalue weighted by Gasteiger charge is -2.14. The summed E-state index contributed by atoms with van der Waals surface area (Å²) in [6.07, 6.45) is 5.13. The smallest absolute Gasteiger partial charge is 0.146 e. The van der Waals surface area contributed by atoms with Crippen LogP contribution < -0.4 is 0 Å². The highest BCUT2D eigenvalue weighted by atomic mass is 35.5. The molecule has 3 aromatic rings. The van der Waals surface area contributed by atoms with Crippen molar-refractivity contribution in [2.75, 3.05) is 6.61 Å². The summed E-state index contributed by atoms with van der Waals surface area (Å²) in [5.74, 6) is 0. The highest BCUT2D eigenvalue weighted by molar-refractivity contribution is 7.99. The summed E-state index contributed by atoms with van der Waals surface area (Å²) in [4.78, 5) is 9.92. The summed E-state index contributed by atoms with van der Waals surface area (Å²) >= 11 is 7.52. The molecule has 4 rings (SSSR count). The highest BCUT2D eigenvalue weighted by Gasteiger charge is 2.27. The predicted octanol–water partition coefficient (Wildman–Crippen LogP) is 3.91. The Balaban J connectivity index is 1.65. The van der Waals surface area contributed by atoms with Gasteiger partial charge in [0.1, 0.15) is 23.2 Å². The molecule has 0 saturated carbocycles. The van der Waals surface area contributed by atoms with Gasteiger partial charge in [0, 0.05) is 16.1 Å². The van der Waals surface area contributed by atoms with Crippen LogP contribution in [0.25, 0.3) is 11.0 Å². The molecule has 0 spiro atoms. The zero-order valence-electron chi connectivity index (χ0n) is 12.8. The molecule has 0 bridgehead atoms. The minimum Gasteiger partial charge on any atom is -0.394 e. The van der Waals surface area contributed by atoms with E-state index in [1.54, 1.807) is 18.1 Å². The summed E-state index contributed by atoms with van der Waals surface area (Å²) in [6, 6.07) is 9.71. The first kappa shape index (κ1) is 15.9. The van der Waals surface area contributed by atoms with E-state index in [1.165, 1.54) is 0 Å². The first-order valence-electron chi connectivity index (χ1n) is 7.76. The second kappa shape index (κ2) is 6.72. The number of nitrogens with zero attached hydrogens (tertiary/aromatic N) is 3. The van der Waals surface area contributed by atoms with Gasteiger partial charge in [-0.05, 0) is 43.2 Å². The topological polar surface area (TPSA) is 60.2 Å². The van der Waals surface area contributed by atoms with Gasteiger partial charge in [-0.3, -0.25) is 0 Å². The fourth-order valence-electron chi connectivity index (χ4n) is 2.90. The summed E-state index contributed by atoms with van der Waals surface area (Å²) in [5, 5.41) is 11.9. The van der Waals surface area contributed by atoms with E-state index in [0.717, 1.165) is 38.8 Å². The second-order valence-electron chi connectivity index (χ2n) is 5.67. The third kappa shape index (κ3) is 3.02. The zero-order valence-corrected chi connectivity index (χ0v) is 14.4. The molecule has 124 valence electrons. The van der Waals surface area contributed by atoms with Gasteiger partial charge < -0.3 is 14.4 Å². The van der Waals surface area contributed by atoms with Crippen molar-refractivity contribution in [2.24, 2.45) is 0 Å². The Kier molecular flexibility index (Phi) is 4.45. The molecule has 2 atom stereocenters. The Morgan fingerprint density at radius 3 is 2.79 bits per heavy atom. The lowest BCUT2D eigenvalue weighted by molar-refractivity contribution is -0.0204. The molecule has 1 fully saturated rings. The van der Waals surface area contributed by atoms with Crippen LogP contribution in [-0.4, -0.2) is 32.4 Å². The van der Waals surface area contributed by atoms with Crippen LogP contribution in [-0.2, 0) is 4.74 Å². The quantitative estimate of drug-likeness (QED) is 0.714. The van der Waals surface area contributed by atoms with Crippen LogP contribution in [0, 0.1) is 0 Å². The molecule has 1 aliphatic rings. The Labute approximate surface area is 148 Å². The van der Waals surface area contributed by atoms with Crippen molar-refractivity contribution < 1.29 is 9.84 Å². The van der Waals surface area contributed by atoms with Gasteiger partial charge in [-0.25, -0.2) is 9.97 Å². The Bertz CT molecular complexity index is 853. The van der Waals surface area contributed by atoms with Crippen LogP contribution >= 0.6 is 23.4 Å². The first-order valence-corrected chi connectivity index (χ1v) is 8.95. The summed E-state index contributed by atoms with van der Waals surface area (Å²) < 4.78 is 7.89. The number of aliphatic hydroxyl groups is 1. The summed E-state index contributed by atoms with van der Waals surface area (Å²) in [5.41, 5.74) is 0.852. The molecule has 1 aliphatic heterocycles. The van der Waals surface area contributed by atoms with Crippen molar-refractivity contribution in [3.63, 3.8) is 0 Å². The Morgan fingerprint density at radius 2 is 2.04 bits per heavy atom. The SMILES string of the molecule is OCC1CCC(n2ccc3c(Sc4ccc(Cl)cc4)ncnc32)O1. The van der Waals surface area contributed by atoms with Crippen molar-refractivity contribution in [2.45, 2.75) is 35.1 Å². The number of rotatable bonds is 4. The molecule has 2 unspecified atom stereocenters. The maximum atomic E-state index is 9.25. The lowest BCUT2D eigenvalue weighted by atomic mass is 10.2. The average molecular weight is 362 g/mol. The van der Waals surface area contributed by atoms with Crippen LogP contribution in [0.2, 0.25) is 5.02 Å². The zero-order chi connectivity index (χ0) is 16.5. The van der Waals surface area contributed by atoms with E-state index < -0.39 is 0 Å². The van der Waals surface area contributed by atoms with Gasteiger partial charge in [-0.2, -0.15) is 0 Å². The number of hydrogen-bond donors (Lipinski definition) is 1. The van der Waals surface area contributed by atoms with Crippen molar-refractivity contribution >= 4 is 34.4 Å². The number of aliphatic hydroxyl groups excluding tert-OH is 1. The summed E-state index contributed by atoms with van der Waals surface area (Å²) in [6.45, 7) is 0.0579. The standard InChI is InChI=1S/C17H16ClN3O2S/c18-11-1-4-13(5-2-11)24-17-14-7-8-21(16(14)19-10-20-17)15-6-3-12(9-22)23-15/h1-2,4-5,7-8,10,12,15,22H,3,6,9H2. The third-order valence-corrected chi connectivity index (χ3v) is 5.38. The van der Waals surface area contributed by atoms with Gasteiger partial charge in [-0.15, -0.1) is 0 Å². The molecule has 1 saturated heterocycles. The van der Waals surface area contributed by atoms with Crippen LogP contribution in [0.3, 0.4) is 0 Å². The molecule has 0 radical (unpaired) electrons. The van der Waals surface area contributed by atoms with E-state index in [4.69, 9.17) is 16.3 Å². The fraction of sp³-hybridized carbons (Fsp3) is 0.294. The van der Waals surface area contributed by atoms with Crippen LogP contribution in [0.1, 0.15) is 19.1 Å². The van der Waals surface area contributed by atoms with Crippen molar-refractivity contribution in [1.29, 1.82) is 0 Å². The van der Waals surface area contributed by atoms with Crippen LogP contribution in [0.4, 0.5) is 0 Å². The molecule has 1 N–H and O–H groups in total. The van der Waals surface area contributed by atoms with Gasteiger partial charge in [0.2, 0.25) is 0 Å². The Hall–Kier alpha value is -1.60. The minimum absolute atomic E-state index is 0.0579. The number of ether oxygens (including phenoxy) is 1. The summed E-state index contributed by atoms with van der Waals surface area (Å²) in [7, 11) is 0. The number of fused-ring (bicyclic) bond motifs is 1. The molecule has 7 heteroatoms. The van der Waals surface area contributed by atoms with Gasteiger partial charge >= 0.3 is 0 Å². The number of benzene rings is 1. The highest BCUT2D eigenvalue weighted by Crippen LogP contribution is 2.35. The minimum atomic E-state index is -0.0859. The third-order valence-electron chi connectivity index (χ3n) is 4.10.